The standard InChI is InChI=1S/C32H20BNSe/c1-3-11-21(12-4-1)29-23-15-9-17-25-32(23)34(31(29)22-13-5-2-6-14-22)26-18-10-20-28-30(26)33(25)24-16-7-8-19-27(24)35-28/h1-20H. The number of hydrogen-bond donors (Lipinski definition) is 0. The van der Waals surface area contributed by atoms with Crippen LogP contribution in [0.1, 0.15) is 0 Å². The van der Waals surface area contributed by atoms with Gasteiger partial charge < -0.3 is 0 Å². The fraction of sp³-hybridized carbons (Fsp3) is 0. The molecule has 35 heavy (non-hydrogen) atoms. The summed E-state index contributed by atoms with van der Waals surface area (Å²) < 4.78 is 5.59. The van der Waals surface area contributed by atoms with E-state index in [9.17, 15) is 0 Å². The predicted octanol–water partition coefficient (Wildman–Crippen LogP) is 3.76. The van der Waals surface area contributed by atoms with E-state index in [2.05, 4.69) is 126 Å². The zero-order valence-corrected chi connectivity index (χ0v) is 20.7. The van der Waals surface area contributed by atoms with Gasteiger partial charge in [0.1, 0.15) is 0 Å². The molecule has 2 aliphatic rings. The normalized spacial score (nSPS) is 13.0. The van der Waals surface area contributed by atoms with Gasteiger partial charge in [0.05, 0.1) is 0 Å². The van der Waals surface area contributed by atoms with Crippen LogP contribution in [0.2, 0.25) is 0 Å². The molecular formula is C32H20BNSe. The second kappa shape index (κ2) is 7.36. The number of hydrogen-bond acceptors (Lipinski definition) is 0. The summed E-state index contributed by atoms with van der Waals surface area (Å²) in [6.07, 6.45) is 0. The molecule has 0 N–H and O–H groups in total. The molecule has 5 aromatic carbocycles. The monoisotopic (exact) mass is 509 g/mol. The van der Waals surface area contributed by atoms with Crippen molar-refractivity contribution >= 4 is 57.9 Å². The van der Waals surface area contributed by atoms with E-state index in [4.69, 9.17) is 0 Å². The Morgan fingerprint density at radius 3 is 2.03 bits per heavy atom. The van der Waals surface area contributed by atoms with Gasteiger partial charge in [-0.1, -0.05) is 0 Å². The van der Waals surface area contributed by atoms with E-state index >= 15 is 0 Å². The Labute approximate surface area is 211 Å². The van der Waals surface area contributed by atoms with Crippen molar-refractivity contribution in [2.45, 2.75) is 0 Å². The van der Waals surface area contributed by atoms with E-state index in [1.807, 2.05) is 0 Å². The molecule has 8 rings (SSSR count). The Bertz CT molecular complexity index is 1770. The van der Waals surface area contributed by atoms with Gasteiger partial charge in [0.25, 0.3) is 0 Å². The molecule has 0 saturated carbocycles. The second-order valence-corrected chi connectivity index (χ2v) is 11.6. The predicted molar refractivity (Wildman–Crippen MR) is 150 cm³/mol. The molecule has 0 fully saturated rings. The molecule has 0 amide bonds. The molecule has 0 saturated heterocycles. The third-order valence-electron chi connectivity index (χ3n) is 7.46. The third-order valence-corrected chi connectivity index (χ3v) is 9.91. The summed E-state index contributed by atoms with van der Waals surface area (Å²) in [5, 5.41) is 1.33. The molecule has 0 aliphatic carbocycles. The number of fused-ring (bicyclic) bond motifs is 4. The Morgan fingerprint density at radius 1 is 0.543 bits per heavy atom. The van der Waals surface area contributed by atoms with Gasteiger partial charge >= 0.3 is 212 Å². The van der Waals surface area contributed by atoms with E-state index in [0.29, 0.717) is 15.0 Å². The number of benzene rings is 5. The molecule has 0 spiro atoms. The third kappa shape index (κ3) is 2.66. The first-order valence-electron chi connectivity index (χ1n) is 12.1. The molecule has 1 nitrogen and oxygen atoms in total. The van der Waals surface area contributed by atoms with Crippen molar-refractivity contribution < 1.29 is 0 Å². The SMILES string of the molecule is c1ccc(-c2c(-c3ccccc3)n3c4c(cccc24)B2c4ccccc4[Se]c4cccc-3c42)cc1. The average molecular weight is 508 g/mol. The van der Waals surface area contributed by atoms with Gasteiger partial charge in [-0.25, -0.2) is 0 Å². The summed E-state index contributed by atoms with van der Waals surface area (Å²) in [5.74, 6) is 0. The van der Waals surface area contributed by atoms with Crippen molar-refractivity contribution in [3.8, 4) is 28.1 Å². The van der Waals surface area contributed by atoms with Gasteiger partial charge in [-0.3, -0.25) is 0 Å². The molecule has 0 bridgehead atoms. The second-order valence-electron chi connectivity index (χ2n) is 9.30. The van der Waals surface area contributed by atoms with Crippen molar-refractivity contribution in [1.29, 1.82) is 0 Å². The number of aromatic nitrogens is 1. The minimum absolute atomic E-state index is 0.284. The van der Waals surface area contributed by atoms with Gasteiger partial charge in [-0.15, -0.1) is 0 Å². The summed E-state index contributed by atoms with van der Waals surface area (Å²) in [7, 11) is 0. The summed E-state index contributed by atoms with van der Waals surface area (Å²) >= 11 is 0.312. The molecule has 3 heterocycles. The van der Waals surface area contributed by atoms with Crippen LogP contribution in [0.3, 0.4) is 0 Å². The number of nitrogens with zero attached hydrogens (tertiary/aromatic N) is 1. The van der Waals surface area contributed by atoms with Crippen molar-refractivity contribution in [2.75, 3.05) is 0 Å². The van der Waals surface area contributed by atoms with Gasteiger partial charge in [0, 0.05) is 0 Å². The maximum absolute atomic E-state index is 2.57. The first-order valence-corrected chi connectivity index (χ1v) is 13.8. The summed E-state index contributed by atoms with van der Waals surface area (Å²) in [5.41, 5.74) is 12.2. The van der Waals surface area contributed by atoms with Gasteiger partial charge in [0.15, 0.2) is 0 Å². The van der Waals surface area contributed by atoms with Crippen LogP contribution in [0.15, 0.2) is 121 Å². The Hall–Kier alpha value is -3.78. The molecular weight excluding hydrogens is 488 g/mol. The van der Waals surface area contributed by atoms with Crippen LogP contribution in [0.5, 0.6) is 0 Å². The number of para-hydroxylation sites is 1. The maximum atomic E-state index is 2.57. The van der Waals surface area contributed by atoms with Crippen molar-refractivity contribution in [1.82, 2.24) is 4.57 Å². The number of rotatable bonds is 2. The van der Waals surface area contributed by atoms with Crippen LogP contribution in [-0.4, -0.2) is 26.2 Å². The van der Waals surface area contributed by atoms with Crippen molar-refractivity contribution in [3.05, 3.63) is 121 Å². The van der Waals surface area contributed by atoms with Crippen LogP contribution in [0.25, 0.3) is 39.0 Å². The van der Waals surface area contributed by atoms with E-state index in [0.717, 1.165) is 0 Å². The first kappa shape index (κ1) is 19.5. The minimum atomic E-state index is 0.284. The molecule has 0 radical (unpaired) electrons. The molecule has 162 valence electrons. The summed E-state index contributed by atoms with van der Waals surface area (Å²) in [4.78, 5) is 0. The fourth-order valence-electron chi connectivity index (χ4n) is 6.12. The van der Waals surface area contributed by atoms with Crippen LogP contribution >= 0.6 is 0 Å². The van der Waals surface area contributed by atoms with Crippen LogP contribution in [-0.2, 0) is 0 Å². The topological polar surface area (TPSA) is 4.93 Å². The Morgan fingerprint density at radius 2 is 1.20 bits per heavy atom. The quantitative estimate of drug-likeness (QED) is 0.314. The molecule has 0 unspecified atom stereocenters. The van der Waals surface area contributed by atoms with Gasteiger partial charge in [-0.2, -0.15) is 0 Å². The molecule has 3 heteroatoms. The Kier molecular flexibility index (Phi) is 4.10. The Balaban J connectivity index is 1.59. The van der Waals surface area contributed by atoms with Crippen LogP contribution < -0.4 is 25.3 Å². The van der Waals surface area contributed by atoms with E-state index in [-0.39, 0.29) is 6.71 Å². The van der Waals surface area contributed by atoms with Crippen LogP contribution in [0, 0.1) is 0 Å². The molecule has 2 aliphatic heterocycles. The van der Waals surface area contributed by atoms with Gasteiger partial charge in [-0.05, 0) is 0 Å². The average Bonchev–Trinajstić information content (AvgIpc) is 3.28. The van der Waals surface area contributed by atoms with E-state index < -0.39 is 0 Å². The van der Waals surface area contributed by atoms with Crippen molar-refractivity contribution in [2.24, 2.45) is 0 Å². The fourth-order valence-corrected chi connectivity index (χ4v) is 8.57. The van der Waals surface area contributed by atoms with Crippen molar-refractivity contribution in [3.63, 3.8) is 0 Å². The summed E-state index contributed by atoms with van der Waals surface area (Å²) in [6.45, 7) is 0.284. The molecule has 6 aromatic rings. The first-order chi connectivity index (χ1) is 17.4. The summed E-state index contributed by atoms with van der Waals surface area (Å²) in [6, 6.07) is 44.8. The van der Waals surface area contributed by atoms with E-state index in [1.165, 1.54) is 64.3 Å². The van der Waals surface area contributed by atoms with E-state index in [1.54, 1.807) is 0 Å². The zero-order valence-electron chi connectivity index (χ0n) is 19.0. The zero-order chi connectivity index (χ0) is 22.9. The van der Waals surface area contributed by atoms with Crippen LogP contribution in [0.4, 0.5) is 0 Å². The molecule has 0 atom stereocenters. The van der Waals surface area contributed by atoms with Gasteiger partial charge in [0.2, 0.25) is 0 Å². The molecule has 1 aromatic heterocycles.